The number of carbonyl (C=O) groups is 1. The second-order valence-corrected chi connectivity index (χ2v) is 4.33. The average molecular weight is 200 g/mol. The van der Waals surface area contributed by atoms with Gasteiger partial charge in [-0.15, -0.1) is 0 Å². The number of carboxylic acid groups (broad SMARTS) is 1. The number of aliphatic hydroxyl groups excluding tert-OH is 1. The Morgan fingerprint density at radius 1 is 1.36 bits per heavy atom. The molecule has 0 aromatic rings. The lowest BCUT2D eigenvalue weighted by Gasteiger charge is -2.17. The molecule has 3 nitrogen and oxygen atoms in total. The first kappa shape index (κ1) is 11.5. The van der Waals surface area contributed by atoms with Crippen molar-refractivity contribution in [1.82, 2.24) is 0 Å². The Hall–Kier alpha value is -0.570. The van der Waals surface area contributed by atoms with Crippen LogP contribution in [0.1, 0.15) is 45.4 Å². The Morgan fingerprint density at radius 3 is 2.64 bits per heavy atom. The Morgan fingerprint density at radius 2 is 2.07 bits per heavy atom. The van der Waals surface area contributed by atoms with E-state index in [0.717, 1.165) is 31.6 Å². The van der Waals surface area contributed by atoms with Crippen molar-refractivity contribution in [3.05, 3.63) is 0 Å². The van der Waals surface area contributed by atoms with E-state index in [0.29, 0.717) is 0 Å². The summed E-state index contributed by atoms with van der Waals surface area (Å²) in [5.41, 5.74) is 0. The molecular formula is C11H20O3. The first-order valence-electron chi connectivity index (χ1n) is 5.56. The molecule has 1 rings (SSSR count). The molecule has 3 atom stereocenters. The van der Waals surface area contributed by atoms with Crippen LogP contribution in [0.4, 0.5) is 0 Å². The highest BCUT2D eigenvalue weighted by Gasteiger charge is 2.27. The minimum Gasteiger partial charge on any atom is -0.479 e. The number of rotatable bonds is 3. The Bertz CT molecular complexity index is 191. The molecule has 3 heteroatoms. The number of aliphatic carboxylic acids is 1. The molecule has 2 N–H and O–H groups in total. The van der Waals surface area contributed by atoms with Crippen LogP contribution in [0.5, 0.6) is 0 Å². The van der Waals surface area contributed by atoms with Gasteiger partial charge in [-0.05, 0) is 24.7 Å². The van der Waals surface area contributed by atoms with Crippen molar-refractivity contribution in [2.45, 2.75) is 51.6 Å². The van der Waals surface area contributed by atoms with E-state index in [2.05, 4.69) is 6.92 Å². The maximum Gasteiger partial charge on any atom is 0.332 e. The van der Waals surface area contributed by atoms with Crippen LogP contribution in [0.15, 0.2) is 0 Å². The van der Waals surface area contributed by atoms with Crippen molar-refractivity contribution in [1.29, 1.82) is 0 Å². The van der Waals surface area contributed by atoms with Crippen molar-refractivity contribution >= 4 is 5.97 Å². The predicted octanol–water partition coefficient (Wildman–Crippen LogP) is 2.04. The molecule has 1 saturated carbocycles. The summed E-state index contributed by atoms with van der Waals surface area (Å²) in [6.45, 7) is 2.18. The first-order valence-corrected chi connectivity index (χ1v) is 5.56. The van der Waals surface area contributed by atoms with Gasteiger partial charge in [0.15, 0.2) is 6.10 Å². The highest BCUT2D eigenvalue weighted by Crippen LogP contribution is 2.30. The third-order valence-electron chi connectivity index (χ3n) is 3.41. The smallest absolute Gasteiger partial charge is 0.332 e. The van der Waals surface area contributed by atoms with E-state index in [1.165, 1.54) is 12.8 Å². The van der Waals surface area contributed by atoms with E-state index in [1.54, 1.807) is 0 Å². The average Bonchev–Trinajstić information content (AvgIpc) is 2.41. The summed E-state index contributed by atoms with van der Waals surface area (Å²) in [7, 11) is 0. The zero-order valence-corrected chi connectivity index (χ0v) is 8.78. The van der Waals surface area contributed by atoms with Gasteiger partial charge in [-0.25, -0.2) is 4.79 Å². The van der Waals surface area contributed by atoms with Gasteiger partial charge in [-0.2, -0.15) is 0 Å². The summed E-state index contributed by atoms with van der Waals surface area (Å²) in [4.78, 5) is 10.6. The highest BCUT2D eigenvalue weighted by atomic mass is 16.4. The maximum absolute atomic E-state index is 10.6. The fourth-order valence-corrected chi connectivity index (χ4v) is 2.33. The molecule has 0 bridgehead atoms. The van der Waals surface area contributed by atoms with E-state index < -0.39 is 12.1 Å². The van der Waals surface area contributed by atoms with Crippen molar-refractivity contribution in [2.75, 3.05) is 0 Å². The van der Waals surface area contributed by atoms with Gasteiger partial charge in [0.1, 0.15) is 0 Å². The van der Waals surface area contributed by atoms with Gasteiger partial charge in [-0.3, -0.25) is 0 Å². The summed E-state index contributed by atoms with van der Waals surface area (Å²) < 4.78 is 0. The van der Waals surface area contributed by atoms with Gasteiger partial charge in [0, 0.05) is 0 Å². The molecule has 14 heavy (non-hydrogen) atoms. The highest BCUT2D eigenvalue weighted by molar-refractivity contribution is 5.72. The maximum atomic E-state index is 10.6. The van der Waals surface area contributed by atoms with Gasteiger partial charge in [0.25, 0.3) is 0 Å². The molecule has 3 unspecified atom stereocenters. The molecule has 0 amide bonds. The topological polar surface area (TPSA) is 57.5 Å². The zero-order chi connectivity index (χ0) is 10.6. The van der Waals surface area contributed by atoms with Crippen LogP contribution in [-0.2, 0) is 4.79 Å². The van der Waals surface area contributed by atoms with E-state index >= 15 is 0 Å². The van der Waals surface area contributed by atoms with E-state index in [4.69, 9.17) is 5.11 Å². The van der Waals surface area contributed by atoms with Gasteiger partial charge in [0.05, 0.1) is 0 Å². The molecule has 1 aliphatic carbocycles. The van der Waals surface area contributed by atoms with Gasteiger partial charge < -0.3 is 10.2 Å². The lowest BCUT2D eigenvalue weighted by molar-refractivity contribution is -0.149. The standard InChI is InChI=1S/C11H20O3/c1-2-8-4-3-5-9(7-6-8)10(12)11(13)14/h8-10,12H,2-7H2,1H3,(H,13,14). The Balaban J connectivity index is 2.45. The number of hydrogen-bond acceptors (Lipinski definition) is 2. The van der Waals surface area contributed by atoms with E-state index in [-0.39, 0.29) is 5.92 Å². The second kappa shape index (κ2) is 5.35. The van der Waals surface area contributed by atoms with Crippen LogP contribution in [0.2, 0.25) is 0 Å². The quantitative estimate of drug-likeness (QED) is 0.685. The molecule has 0 aromatic carbocycles. The fraction of sp³-hybridized carbons (Fsp3) is 0.909. The summed E-state index contributed by atoms with van der Waals surface area (Å²) >= 11 is 0. The van der Waals surface area contributed by atoms with Crippen molar-refractivity contribution < 1.29 is 15.0 Å². The molecule has 82 valence electrons. The predicted molar refractivity (Wildman–Crippen MR) is 54.0 cm³/mol. The summed E-state index contributed by atoms with van der Waals surface area (Å²) in [6, 6.07) is 0. The largest absolute Gasteiger partial charge is 0.479 e. The van der Waals surface area contributed by atoms with E-state index in [9.17, 15) is 9.90 Å². The van der Waals surface area contributed by atoms with Crippen LogP contribution < -0.4 is 0 Å². The molecule has 0 aromatic heterocycles. The summed E-state index contributed by atoms with van der Waals surface area (Å²) in [6.07, 6.45) is 5.09. The van der Waals surface area contributed by atoms with E-state index in [1.807, 2.05) is 0 Å². The first-order chi connectivity index (χ1) is 6.65. The molecule has 1 fully saturated rings. The SMILES string of the molecule is CCC1CCCC(C(O)C(=O)O)CC1. The molecule has 0 aliphatic heterocycles. The minimum atomic E-state index is -1.15. The Labute approximate surface area is 85.1 Å². The van der Waals surface area contributed by atoms with Crippen molar-refractivity contribution in [3.63, 3.8) is 0 Å². The van der Waals surface area contributed by atoms with Crippen molar-refractivity contribution in [2.24, 2.45) is 11.8 Å². The normalized spacial score (nSPS) is 30.7. The second-order valence-electron chi connectivity index (χ2n) is 4.33. The van der Waals surface area contributed by atoms with Gasteiger partial charge in [-0.1, -0.05) is 32.6 Å². The lowest BCUT2D eigenvalue weighted by atomic mass is 9.93. The molecule has 0 spiro atoms. The van der Waals surface area contributed by atoms with Crippen LogP contribution in [0.25, 0.3) is 0 Å². The van der Waals surface area contributed by atoms with Crippen LogP contribution in [0.3, 0.4) is 0 Å². The molecule has 0 heterocycles. The minimum absolute atomic E-state index is 0.0240. The monoisotopic (exact) mass is 200 g/mol. The summed E-state index contributed by atoms with van der Waals surface area (Å²) in [5, 5.41) is 18.1. The molecule has 0 saturated heterocycles. The lowest BCUT2D eigenvalue weighted by Crippen LogP contribution is -2.28. The van der Waals surface area contributed by atoms with Gasteiger partial charge in [0.2, 0.25) is 0 Å². The molecule has 0 radical (unpaired) electrons. The fourth-order valence-electron chi connectivity index (χ4n) is 2.33. The third-order valence-corrected chi connectivity index (χ3v) is 3.41. The zero-order valence-electron chi connectivity index (χ0n) is 8.78. The van der Waals surface area contributed by atoms with Crippen LogP contribution >= 0.6 is 0 Å². The van der Waals surface area contributed by atoms with Crippen molar-refractivity contribution in [3.8, 4) is 0 Å². The van der Waals surface area contributed by atoms with Gasteiger partial charge >= 0.3 is 5.97 Å². The summed E-state index contributed by atoms with van der Waals surface area (Å²) in [5.74, 6) is -0.352. The molecule has 1 aliphatic rings. The molecular weight excluding hydrogens is 180 g/mol. The third kappa shape index (κ3) is 2.98. The number of carboxylic acids is 1. The number of hydrogen-bond donors (Lipinski definition) is 2. The number of aliphatic hydroxyl groups is 1. The van der Waals surface area contributed by atoms with Crippen LogP contribution in [0, 0.1) is 11.8 Å². The van der Waals surface area contributed by atoms with Crippen LogP contribution in [-0.4, -0.2) is 22.3 Å². The Kier molecular flexibility index (Phi) is 4.39.